The Labute approximate surface area is 121 Å². The zero-order valence-electron chi connectivity index (χ0n) is 12.6. The van der Waals surface area contributed by atoms with Gasteiger partial charge in [-0.2, -0.15) is 0 Å². The quantitative estimate of drug-likeness (QED) is 0.734. The van der Waals surface area contributed by atoms with Gasteiger partial charge in [-0.25, -0.2) is 4.98 Å². The maximum atomic E-state index is 6.14. The van der Waals surface area contributed by atoms with Crippen LogP contribution >= 0.6 is 11.6 Å². The standard InChI is InChI=1S/C14H27ClN4/c1-5-6-7-13-17-12(14(15)18-13)10-16-11(2)8-9-19(3)4/h11,16H,5-10H2,1-4H3,(H,17,18). The van der Waals surface area contributed by atoms with Gasteiger partial charge in [0.1, 0.15) is 5.82 Å². The van der Waals surface area contributed by atoms with Crippen LogP contribution in [0.4, 0.5) is 0 Å². The van der Waals surface area contributed by atoms with Crippen LogP contribution in [0.5, 0.6) is 0 Å². The van der Waals surface area contributed by atoms with Crippen molar-refractivity contribution in [1.82, 2.24) is 20.2 Å². The summed E-state index contributed by atoms with van der Waals surface area (Å²) in [5, 5.41) is 4.09. The van der Waals surface area contributed by atoms with Crippen LogP contribution in [-0.4, -0.2) is 41.5 Å². The van der Waals surface area contributed by atoms with Crippen LogP contribution in [0.15, 0.2) is 0 Å². The number of hydrogen-bond donors (Lipinski definition) is 2. The number of nitrogens with zero attached hydrogens (tertiary/aromatic N) is 2. The van der Waals surface area contributed by atoms with Gasteiger partial charge in [-0.15, -0.1) is 0 Å². The van der Waals surface area contributed by atoms with Crippen LogP contribution in [0, 0.1) is 0 Å². The first-order valence-electron chi connectivity index (χ1n) is 7.14. The highest BCUT2D eigenvalue weighted by molar-refractivity contribution is 6.30. The van der Waals surface area contributed by atoms with Crippen molar-refractivity contribution in [3.05, 3.63) is 16.7 Å². The van der Waals surface area contributed by atoms with Crippen LogP contribution in [0.25, 0.3) is 0 Å². The topological polar surface area (TPSA) is 44.0 Å². The van der Waals surface area contributed by atoms with Crippen LogP contribution in [0.3, 0.4) is 0 Å². The molecule has 1 heterocycles. The van der Waals surface area contributed by atoms with Gasteiger partial charge in [-0.1, -0.05) is 24.9 Å². The molecular weight excluding hydrogens is 260 g/mol. The highest BCUT2D eigenvalue weighted by atomic mass is 35.5. The van der Waals surface area contributed by atoms with E-state index in [2.05, 4.69) is 48.1 Å². The molecule has 0 spiro atoms. The van der Waals surface area contributed by atoms with Gasteiger partial charge in [-0.05, 0) is 40.4 Å². The zero-order valence-corrected chi connectivity index (χ0v) is 13.3. The van der Waals surface area contributed by atoms with Crippen LogP contribution in [0.2, 0.25) is 5.15 Å². The molecule has 0 aliphatic rings. The Bertz CT molecular complexity index is 362. The summed E-state index contributed by atoms with van der Waals surface area (Å²) in [5.41, 5.74) is 1.00. The molecule has 0 saturated carbocycles. The SMILES string of the molecule is CCCCc1nc(Cl)c(CNC(C)CCN(C)C)[nH]1. The Kier molecular flexibility index (Phi) is 7.42. The van der Waals surface area contributed by atoms with Gasteiger partial charge >= 0.3 is 0 Å². The summed E-state index contributed by atoms with van der Waals surface area (Å²) < 4.78 is 0. The fourth-order valence-corrected chi connectivity index (χ4v) is 2.07. The van der Waals surface area contributed by atoms with Gasteiger partial charge in [-0.3, -0.25) is 0 Å². The molecule has 0 aromatic carbocycles. The Hall–Kier alpha value is -0.580. The van der Waals surface area contributed by atoms with Crippen molar-refractivity contribution >= 4 is 11.6 Å². The fraction of sp³-hybridized carbons (Fsp3) is 0.786. The molecule has 0 aliphatic carbocycles. The summed E-state index contributed by atoms with van der Waals surface area (Å²) in [4.78, 5) is 9.88. The number of aromatic amines is 1. The summed E-state index contributed by atoms with van der Waals surface area (Å²) >= 11 is 6.14. The van der Waals surface area contributed by atoms with Crippen LogP contribution in [-0.2, 0) is 13.0 Å². The maximum absolute atomic E-state index is 6.14. The summed E-state index contributed by atoms with van der Waals surface area (Å²) in [6, 6.07) is 0.473. The molecule has 2 N–H and O–H groups in total. The van der Waals surface area contributed by atoms with E-state index in [0.717, 1.165) is 43.9 Å². The van der Waals surface area contributed by atoms with E-state index in [1.54, 1.807) is 0 Å². The lowest BCUT2D eigenvalue weighted by Gasteiger charge is -2.16. The van der Waals surface area contributed by atoms with E-state index in [1.165, 1.54) is 6.42 Å². The second-order valence-electron chi connectivity index (χ2n) is 5.43. The summed E-state index contributed by atoms with van der Waals surface area (Å²) in [6.45, 7) is 6.23. The smallest absolute Gasteiger partial charge is 0.151 e. The van der Waals surface area contributed by atoms with Gasteiger partial charge in [0.15, 0.2) is 5.15 Å². The predicted octanol–water partition coefficient (Wildman–Crippen LogP) is 2.84. The van der Waals surface area contributed by atoms with Gasteiger partial charge in [0, 0.05) is 19.0 Å². The Morgan fingerprint density at radius 2 is 2.16 bits per heavy atom. The van der Waals surface area contributed by atoms with E-state index in [4.69, 9.17) is 11.6 Å². The summed E-state index contributed by atoms with van der Waals surface area (Å²) in [7, 11) is 4.19. The normalized spacial score (nSPS) is 13.2. The summed E-state index contributed by atoms with van der Waals surface area (Å²) in [6.07, 6.45) is 4.43. The summed E-state index contributed by atoms with van der Waals surface area (Å²) in [5.74, 6) is 1.00. The highest BCUT2D eigenvalue weighted by Crippen LogP contribution is 2.14. The van der Waals surface area contributed by atoms with Crippen molar-refractivity contribution in [3.63, 3.8) is 0 Å². The van der Waals surface area contributed by atoms with Crippen molar-refractivity contribution in [2.75, 3.05) is 20.6 Å². The van der Waals surface area contributed by atoms with Gasteiger partial charge in [0.05, 0.1) is 5.69 Å². The lowest BCUT2D eigenvalue weighted by Crippen LogP contribution is -2.29. The molecule has 1 atom stereocenters. The third kappa shape index (κ3) is 6.41. The third-order valence-electron chi connectivity index (χ3n) is 3.18. The molecule has 1 rings (SSSR count). The average molecular weight is 287 g/mol. The number of imidazole rings is 1. The number of aromatic nitrogens is 2. The molecule has 110 valence electrons. The lowest BCUT2D eigenvalue weighted by molar-refractivity contribution is 0.365. The predicted molar refractivity (Wildman–Crippen MR) is 81.7 cm³/mol. The monoisotopic (exact) mass is 286 g/mol. The molecule has 1 aromatic rings. The molecule has 0 saturated heterocycles. The minimum absolute atomic E-state index is 0.473. The van der Waals surface area contributed by atoms with Crippen molar-refractivity contribution < 1.29 is 0 Å². The van der Waals surface area contributed by atoms with Gasteiger partial charge < -0.3 is 15.2 Å². The van der Waals surface area contributed by atoms with Crippen molar-refractivity contribution in [2.45, 2.75) is 52.1 Å². The lowest BCUT2D eigenvalue weighted by atomic mass is 10.2. The largest absolute Gasteiger partial charge is 0.344 e. The number of H-pyrrole nitrogens is 1. The molecule has 5 heteroatoms. The molecule has 0 aliphatic heterocycles. The van der Waals surface area contributed by atoms with Crippen LogP contribution < -0.4 is 5.32 Å². The van der Waals surface area contributed by atoms with Gasteiger partial charge in [0.2, 0.25) is 0 Å². The molecule has 0 fully saturated rings. The Morgan fingerprint density at radius 3 is 2.79 bits per heavy atom. The Morgan fingerprint density at radius 1 is 1.42 bits per heavy atom. The van der Waals surface area contributed by atoms with Crippen LogP contribution in [0.1, 0.15) is 44.6 Å². The van der Waals surface area contributed by atoms with Crippen molar-refractivity contribution in [2.24, 2.45) is 0 Å². The molecule has 4 nitrogen and oxygen atoms in total. The molecular formula is C14H27ClN4. The minimum atomic E-state index is 0.473. The van der Waals surface area contributed by atoms with E-state index < -0.39 is 0 Å². The first-order valence-corrected chi connectivity index (χ1v) is 7.52. The van der Waals surface area contributed by atoms with E-state index in [9.17, 15) is 0 Å². The number of hydrogen-bond acceptors (Lipinski definition) is 3. The number of halogens is 1. The fourth-order valence-electron chi connectivity index (χ4n) is 1.85. The van der Waals surface area contributed by atoms with E-state index in [-0.39, 0.29) is 0 Å². The number of nitrogens with one attached hydrogen (secondary N) is 2. The molecule has 0 bridgehead atoms. The molecule has 19 heavy (non-hydrogen) atoms. The molecule has 1 unspecified atom stereocenters. The second-order valence-corrected chi connectivity index (χ2v) is 5.79. The van der Waals surface area contributed by atoms with Crippen molar-refractivity contribution in [3.8, 4) is 0 Å². The van der Waals surface area contributed by atoms with E-state index in [0.29, 0.717) is 11.2 Å². The first-order chi connectivity index (χ1) is 9.02. The second kappa shape index (κ2) is 8.56. The Balaban J connectivity index is 2.37. The average Bonchev–Trinajstić information content (AvgIpc) is 2.72. The molecule has 0 amide bonds. The maximum Gasteiger partial charge on any atom is 0.151 e. The molecule has 1 aromatic heterocycles. The van der Waals surface area contributed by atoms with E-state index in [1.807, 2.05) is 0 Å². The number of rotatable bonds is 9. The molecule has 0 radical (unpaired) electrons. The number of aryl methyl sites for hydroxylation is 1. The van der Waals surface area contributed by atoms with E-state index >= 15 is 0 Å². The minimum Gasteiger partial charge on any atom is -0.344 e. The highest BCUT2D eigenvalue weighted by Gasteiger charge is 2.09. The van der Waals surface area contributed by atoms with Gasteiger partial charge in [0.25, 0.3) is 0 Å². The van der Waals surface area contributed by atoms with Crippen molar-refractivity contribution in [1.29, 1.82) is 0 Å². The number of unbranched alkanes of at least 4 members (excludes halogenated alkanes) is 1. The third-order valence-corrected chi connectivity index (χ3v) is 3.49. The first kappa shape index (κ1) is 16.5. The zero-order chi connectivity index (χ0) is 14.3.